The van der Waals surface area contributed by atoms with Crippen LogP contribution in [0.1, 0.15) is 46.5 Å². The molecule has 142 valence electrons. The Morgan fingerprint density at radius 3 is 2.77 bits per heavy atom. The van der Waals surface area contributed by atoms with Crippen molar-refractivity contribution in [3.8, 4) is 0 Å². The maximum Gasteiger partial charge on any atom is 0.178 e. The third-order valence-electron chi connectivity index (χ3n) is 8.34. The smallest absolute Gasteiger partial charge is 0.178 e. The van der Waals surface area contributed by atoms with Crippen LogP contribution in [0, 0.1) is 40.4 Å². The number of carbonyl (C=O) groups is 2. The first-order valence-electron chi connectivity index (χ1n) is 9.98. The molecular weight excluding hydrogens is 328 g/mol. The monoisotopic (exact) mass is 358 g/mol. The largest absolute Gasteiger partial charge is 0.393 e. The molecule has 2 N–H and O–H groups in total. The molecule has 26 heavy (non-hydrogen) atoms. The van der Waals surface area contributed by atoms with E-state index in [2.05, 4.69) is 20.8 Å². The number of carbonyl (C=O) groups excluding carboxylic acids is 2. The Labute approximate surface area is 155 Å². The Kier molecular flexibility index (Phi) is 4.09. The highest BCUT2D eigenvalue weighted by Gasteiger charge is 2.64. The lowest BCUT2D eigenvalue weighted by Crippen LogP contribution is -2.56. The van der Waals surface area contributed by atoms with Gasteiger partial charge in [0.25, 0.3) is 0 Å². The van der Waals surface area contributed by atoms with Gasteiger partial charge in [0.1, 0.15) is 6.61 Å². The van der Waals surface area contributed by atoms with E-state index in [1.807, 2.05) is 6.08 Å². The van der Waals surface area contributed by atoms with Crippen LogP contribution in [0.15, 0.2) is 23.8 Å². The molecule has 0 saturated heterocycles. The Morgan fingerprint density at radius 1 is 1.35 bits per heavy atom. The topological polar surface area (TPSA) is 74.6 Å². The predicted octanol–water partition coefficient (Wildman–Crippen LogP) is 2.69. The number of aliphatic hydroxyl groups is 2. The minimum absolute atomic E-state index is 0.0501. The molecule has 0 amide bonds. The summed E-state index contributed by atoms with van der Waals surface area (Å²) in [5, 5.41) is 20.7. The van der Waals surface area contributed by atoms with Crippen LogP contribution in [-0.2, 0) is 9.59 Å². The second-order valence-electron chi connectivity index (χ2n) is 9.62. The molecule has 3 fully saturated rings. The second-order valence-corrected chi connectivity index (χ2v) is 9.62. The van der Waals surface area contributed by atoms with Crippen LogP contribution in [0.4, 0.5) is 0 Å². The molecule has 0 bridgehead atoms. The van der Waals surface area contributed by atoms with Gasteiger partial charge in [0.05, 0.1) is 6.10 Å². The fraction of sp³-hybridized carbons (Fsp3) is 0.727. The van der Waals surface area contributed by atoms with Gasteiger partial charge < -0.3 is 10.2 Å². The van der Waals surface area contributed by atoms with Gasteiger partial charge in [0.15, 0.2) is 11.6 Å². The summed E-state index contributed by atoms with van der Waals surface area (Å²) < 4.78 is 0. The van der Waals surface area contributed by atoms with Gasteiger partial charge in [0.2, 0.25) is 0 Å². The number of rotatable bonds is 2. The fourth-order valence-electron chi connectivity index (χ4n) is 7.48. The molecule has 0 aliphatic heterocycles. The molecule has 0 heterocycles. The predicted molar refractivity (Wildman–Crippen MR) is 98.1 cm³/mol. The molecule has 4 rings (SSSR count). The first-order chi connectivity index (χ1) is 12.2. The van der Waals surface area contributed by atoms with E-state index >= 15 is 0 Å². The Morgan fingerprint density at radius 2 is 2.08 bits per heavy atom. The van der Waals surface area contributed by atoms with Crippen LogP contribution in [0.3, 0.4) is 0 Å². The van der Waals surface area contributed by atoms with Gasteiger partial charge in [-0.2, -0.15) is 0 Å². The number of hydrogen-bond donors (Lipinski definition) is 2. The first kappa shape index (κ1) is 18.1. The van der Waals surface area contributed by atoms with Crippen molar-refractivity contribution in [1.29, 1.82) is 0 Å². The highest BCUT2D eigenvalue weighted by molar-refractivity contribution is 6.01. The number of aliphatic hydroxyl groups excluding tert-OH is 2. The van der Waals surface area contributed by atoms with E-state index in [4.69, 9.17) is 0 Å². The van der Waals surface area contributed by atoms with Gasteiger partial charge in [-0.1, -0.05) is 32.4 Å². The molecule has 4 aliphatic carbocycles. The lowest BCUT2D eigenvalue weighted by atomic mass is 9.46. The molecule has 4 aliphatic rings. The molecule has 0 aromatic rings. The molecule has 0 aromatic carbocycles. The van der Waals surface area contributed by atoms with Crippen molar-refractivity contribution in [2.75, 3.05) is 6.61 Å². The highest BCUT2D eigenvalue weighted by Crippen LogP contribution is 2.67. The molecule has 0 radical (unpaired) electrons. The zero-order valence-electron chi connectivity index (χ0n) is 15.9. The van der Waals surface area contributed by atoms with Gasteiger partial charge in [-0.05, 0) is 61.0 Å². The zero-order chi connectivity index (χ0) is 18.9. The standard InChI is InChI=1S/C22H30O4/c1-12-8-16-15-5-4-13-9-14(24)6-7-21(13,2)20(15)17(25)10-22(16,3)19(12)18(26)11-23/h6-7,9,12,15-17,19-20,23,25H,4-5,8,10-11H2,1-3H3/t12?,15-,16-,17?,19+,20+,21-,22-/m0/s1. The minimum atomic E-state index is -0.493. The summed E-state index contributed by atoms with van der Waals surface area (Å²) >= 11 is 0. The summed E-state index contributed by atoms with van der Waals surface area (Å²) in [5.41, 5.74) is 0.647. The number of allylic oxidation sites excluding steroid dienone is 4. The highest BCUT2D eigenvalue weighted by atomic mass is 16.3. The van der Waals surface area contributed by atoms with E-state index in [1.54, 1.807) is 12.2 Å². The van der Waals surface area contributed by atoms with Gasteiger partial charge in [0, 0.05) is 17.3 Å². The second kappa shape index (κ2) is 5.87. The van der Waals surface area contributed by atoms with Crippen LogP contribution in [0.2, 0.25) is 0 Å². The Balaban J connectivity index is 1.74. The number of Topliss-reactive ketones (excluding diaryl/α,β-unsaturated/α-hetero) is 1. The quantitative estimate of drug-likeness (QED) is 0.796. The number of fused-ring (bicyclic) bond motifs is 5. The molecule has 4 nitrogen and oxygen atoms in total. The number of ketones is 2. The van der Waals surface area contributed by atoms with Crippen LogP contribution < -0.4 is 0 Å². The van der Waals surface area contributed by atoms with Gasteiger partial charge >= 0.3 is 0 Å². The summed E-state index contributed by atoms with van der Waals surface area (Å²) in [6, 6.07) is 0. The average Bonchev–Trinajstić information content (AvgIpc) is 2.84. The summed E-state index contributed by atoms with van der Waals surface area (Å²) in [6.07, 6.45) is 8.39. The minimum Gasteiger partial charge on any atom is -0.393 e. The van der Waals surface area contributed by atoms with E-state index in [0.29, 0.717) is 18.3 Å². The van der Waals surface area contributed by atoms with Crippen molar-refractivity contribution in [3.63, 3.8) is 0 Å². The van der Waals surface area contributed by atoms with Crippen LogP contribution in [-0.4, -0.2) is 34.5 Å². The van der Waals surface area contributed by atoms with Crippen molar-refractivity contribution < 1.29 is 19.8 Å². The molecular formula is C22H30O4. The average molecular weight is 358 g/mol. The molecule has 0 spiro atoms. The lowest BCUT2D eigenvalue weighted by Gasteiger charge is -2.58. The first-order valence-corrected chi connectivity index (χ1v) is 9.98. The molecule has 4 heteroatoms. The van der Waals surface area contributed by atoms with Crippen LogP contribution >= 0.6 is 0 Å². The van der Waals surface area contributed by atoms with E-state index in [-0.39, 0.29) is 40.2 Å². The molecule has 8 atom stereocenters. The van der Waals surface area contributed by atoms with Crippen molar-refractivity contribution in [1.82, 2.24) is 0 Å². The maximum atomic E-state index is 12.5. The van der Waals surface area contributed by atoms with E-state index < -0.39 is 12.7 Å². The van der Waals surface area contributed by atoms with Crippen molar-refractivity contribution >= 4 is 11.6 Å². The SMILES string of the molecule is CC1C[C@H]2[C@@H]3CCC4=CC(=O)C=C[C@]4(C)[C@H]3C(O)C[C@]2(C)[C@H]1C(=O)CO. The summed E-state index contributed by atoms with van der Waals surface area (Å²) in [7, 11) is 0. The fourth-order valence-corrected chi connectivity index (χ4v) is 7.48. The van der Waals surface area contributed by atoms with E-state index in [0.717, 1.165) is 24.8 Å². The normalized spacial score (nSPS) is 49.9. The maximum absolute atomic E-state index is 12.5. The summed E-state index contributed by atoms with van der Waals surface area (Å²) in [6.45, 7) is 6.04. The van der Waals surface area contributed by atoms with Gasteiger partial charge in [-0.25, -0.2) is 0 Å². The third kappa shape index (κ3) is 2.27. The summed E-state index contributed by atoms with van der Waals surface area (Å²) in [4.78, 5) is 24.3. The van der Waals surface area contributed by atoms with E-state index in [9.17, 15) is 19.8 Å². The summed E-state index contributed by atoms with van der Waals surface area (Å²) in [5.74, 6) is 0.886. The molecule has 2 unspecified atom stereocenters. The lowest BCUT2D eigenvalue weighted by molar-refractivity contribution is -0.142. The Bertz CT molecular complexity index is 707. The van der Waals surface area contributed by atoms with Crippen LogP contribution in [0.5, 0.6) is 0 Å². The Hall–Kier alpha value is -1.26. The van der Waals surface area contributed by atoms with Gasteiger partial charge in [-0.3, -0.25) is 9.59 Å². The zero-order valence-corrected chi connectivity index (χ0v) is 15.9. The third-order valence-corrected chi connectivity index (χ3v) is 8.34. The number of hydrogen-bond acceptors (Lipinski definition) is 4. The van der Waals surface area contributed by atoms with E-state index in [1.165, 1.54) is 0 Å². The van der Waals surface area contributed by atoms with Crippen molar-refractivity contribution in [3.05, 3.63) is 23.8 Å². The van der Waals surface area contributed by atoms with Crippen molar-refractivity contribution in [2.45, 2.75) is 52.6 Å². The van der Waals surface area contributed by atoms with Crippen molar-refractivity contribution in [2.24, 2.45) is 40.4 Å². The molecule has 0 aromatic heterocycles. The van der Waals surface area contributed by atoms with Crippen LogP contribution in [0.25, 0.3) is 0 Å². The molecule has 3 saturated carbocycles. The van der Waals surface area contributed by atoms with Gasteiger partial charge in [-0.15, -0.1) is 0 Å².